The zero-order valence-electron chi connectivity index (χ0n) is 6.24. The molecule has 0 aliphatic rings. The fourth-order valence-corrected chi connectivity index (χ4v) is 0.426. The van der Waals surface area contributed by atoms with E-state index in [2.05, 4.69) is 0 Å². The van der Waals surface area contributed by atoms with Crippen LogP contribution in [0.25, 0.3) is 0 Å². The third kappa shape index (κ3) is 1.91. The zero-order valence-corrected chi connectivity index (χ0v) is 6.24. The first kappa shape index (κ1) is 9.90. The molecule has 0 radical (unpaired) electrons. The fraction of sp³-hybridized carbons (Fsp3) is 0.667. The molecule has 64 valence electrons. The summed E-state index contributed by atoms with van der Waals surface area (Å²) >= 11 is 0. The van der Waals surface area contributed by atoms with Crippen molar-refractivity contribution in [2.75, 3.05) is 0 Å². The minimum absolute atomic E-state index is 0.952. The largest absolute Gasteiger partial charge is 0.481 e. The third-order valence-corrected chi connectivity index (χ3v) is 1.65. The van der Waals surface area contributed by atoms with Crippen LogP contribution in [0.4, 0.5) is 0 Å². The lowest BCUT2D eigenvalue weighted by Gasteiger charge is -2.21. The first-order valence-corrected chi connectivity index (χ1v) is 2.98. The Hall–Kier alpha value is -1.10. The summed E-state index contributed by atoms with van der Waals surface area (Å²) in [7, 11) is 0. The number of carboxylic acid groups (broad SMARTS) is 2. The molecule has 0 aliphatic heterocycles. The van der Waals surface area contributed by atoms with E-state index in [9.17, 15) is 9.59 Å². The summed E-state index contributed by atoms with van der Waals surface area (Å²) in [5.41, 5.74) is -2.20. The fourth-order valence-electron chi connectivity index (χ4n) is 0.426. The van der Waals surface area contributed by atoms with E-state index in [-0.39, 0.29) is 0 Å². The maximum atomic E-state index is 10.3. The van der Waals surface area contributed by atoms with E-state index in [0.29, 0.717) is 0 Å². The monoisotopic (exact) mass is 162 g/mol. The zero-order chi connectivity index (χ0) is 9.23. The second-order valence-electron chi connectivity index (χ2n) is 2.51. The van der Waals surface area contributed by atoms with E-state index in [0.717, 1.165) is 13.8 Å². The minimum Gasteiger partial charge on any atom is -0.481 e. The highest BCUT2D eigenvalue weighted by Crippen LogP contribution is 2.16. The Morgan fingerprint density at radius 3 is 1.82 bits per heavy atom. The van der Waals surface area contributed by atoms with Crippen LogP contribution >= 0.6 is 0 Å². The molecule has 0 fully saturated rings. The van der Waals surface area contributed by atoms with Crippen molar-refractivity contribution < 1.29 is 24.9 Å². The lowest BCUT2D eigenvalue weighted by atomic mass is 9.91. The molecule has 0 saturated carbocycles. The number of carbonyl (C=O) groups is 2. The van der Waals surface area contributed by atoms with Crippen LogP contribution < -0.4 is 0 Å². The Kier molecular flexibility index (Phi) is 2.59. The number of hydrogen-bond acceptors (Lipinski definition) is 3. The average molecular weight is 162 g/mol. The molecule has 0 aliphatic carbocycles. The molecule has 0 bridgehead atoms. The van der Waals surface area contributed by atoms with E-state index in [4.69, 9.17) is 15.3 Å². The van der Waals surface area contributed by atoms with E-state index < -0.39 is 23.5 Å². The van der Waals surface area contributed by atoms with E-state index >= 15 is 0 Å². The van der Waals surface area contributed by atoms with Gasteiger partial charge in [-0.15, -0.1) is 0 Å². The van der Waals surface area contributed by atoms with Gasteiger partial charge in [0.2, 0.25) is 0 Å². The first-order valence-electron chi connectivity index (χ1n) is 2.98. The van der Waals surface area contributed by atoms with Gasteiger partial charge < -0.3 is 15.3 Å². The van der Waals surface area contributed by atoms with Crippen molar-refractivity contribution in [3.05, 3.63) is 0 Å². The molecule has 0 rings (SSSR count). The Bertz CT molecular complexity index is 183. The molecule has 0 heterocycles. The Labute approximate surface area is 63.3 Å². The lowest BCUT2D eigenvalue weighted by molar-refractivity contribution is -0.170. The van der Waals surface area contributed by atoms with Gasteiger partial charge in [0.1, 0.15) is 0 Å². The van der Waals surface area contributed by atoms with E-state index in [1.807, 2.05) is 0 Å². The number of rotatable bonds is 3. The summed E-state index contributed by atoms with van der Waals surface area (Å²) in [6.45, 7) is 2.09. The number of aliphatic carboxylic acids is 2. The predicted octanol–water partition coefficient (Wildman–Crippen LogP) is -0.457. The van der Waals surface area contributed by atoms with Crippen molar-refractivity contribution in [1.82, 2.24) is 0 Å². The molecule has 5 nitrogen and oxygen atoms in total. The van der Waals surface area contributed by atoms with Crippen molar-refractivity contribution in [2.24, 2.45) is 5.92 Å². The molecule has 0 unspecified atom stereocenters. The van der Waals surface area contributed by atoms with Gasteiger partial charge in [0.05, 0.1) is 5.92 Å². The van der Waals surface area contributed by atoms with Gasteiger partial charge in [0, 0.05) is 0 Å². The summed E-state index contributed by atoms with van der Waals surface area (Å²) < 4.78 is 0. The maximum Gasteiger partial charge on any atom is 0.336 e. The summed E-state index contributed by atoms with van der Waals surface area (Å²) in [5, 5.41) is 25.7. The van der Waals surface area contributed by atoms with Crippen LogP contribution in [0.15, 0.2) is 0 Å². The smallest absolute Gasteiger partial charge is 0.336 e. The standard InChI is InChI=1S/C6H10O5/c1-3(4(7)8)6(2,11)5(9)10/h3,11H,1-2H3,(H,7,8)(H,9,10)/t3-,6+/m1/s1. The lowest BCUT2D eigenvalue weighted by Crippen LogP contribution is -2.45. The first-order chi connectivity index (χ1) is 4.80. The molecular formula is C6H10O5. The number of aliphatic hydroxyl groups is 1. The van der Waals surface area contributed by atoms with Gasteiger partial charge in [0.25, 0.3) is 0 Å². The van der Waals surface area contributed by atoms with Gasteiger partial charge in [-0.1, -0.05) is 0 Å². The van der Waals surface area contributed by atoms with Crippen LogP contribution in [0.3, 0.4) is 0 Å². The minimum atomic E-state index is -2.20. The average Bonchev–Trinajstić information content (AvgIpc) is 1.85. The Morgan fingerprint density at radius 2 is 1.73 bits per heavy atom. The van der Waals surface area contributed by atoms with Crippen LogP contribution in [0, 0.1) is 5.92 Å². The second kappa shape index (κ2) is 2.87. The van der Waals surface area contributed by atoms with Gasteiger partial charge >= 0.3 is 11.9 Å². The molecule has 0 spiro atoms. The molecule has 11 heavy (non-hydrogen) atoms. The molecule has 2 atom stereocenters. The second-order valence-corrected chi connectivity index (χ2v) is 2.51. The van der Waals surface area contributed by atoms with Crippen LogP contribution in [0.2, 0.25) is 0 Å². The quantitative estimate of drug-likeness (QED) is 0.522. The molecule has 0 saturated heterocycles. The van der Waals surface area contributed by atoms with Gasteiger partial charge in [-0.05, 0) is 13.8 Å². The van der Waals surface area contributed by atoms with Crippen molar-refractivity contribution in [2.45, 2.75) is 19.4 Å². The topological polar surface area (TPSA) is 94.8 Å². The molecular weight excluding hydrogens is 152 g/mol. The van der Waals surface area contributed by atoms with Crippen molar-refractivity contribution in [3.8, 4) is 0 Å². The predicted molar refractivity (Wildman–Crippen MR) is 35.1 cm³/mol. The van der Waals surface area contributed by atoms with Gasteiger partial charge in [-0.25, -0.2) is 4.79 Å². The molecule has 0 amide bonds. The molecule has 5 heteroatoms. The van der Waals surface area contributed by atoms with Crippen molar-refractivity contribution >= 4 is 11.9 Å². The highest BCUT2D eigenvalue weighted by Gasteiger charge is 2.40. The third-order valence-electron chi connectivity index (χ3n) is 1.65. The van der Waals surface area contributed by atoms with Gasteiger partial charge in [-0.3, -0.25) is 4.79 Å². The molecule has 0 aromatic carbocycles. The Balaban J connectivity index is 4.55. The number of hydrogen-bond donors (Lipinski definition) is 3. The van der Waals surface area contributed by atoms with Crippen LogP contribution in [0.5, 0.6) is 0 Å². The summed E-state index contributed by atoms with van der Waals surface area (Å²) in [4.78, 5) is 20.5. The normalized spacial score (nSPS) is 18.5. The highest BCUT2D eigenvalue weighted by molar-refractivity contribution is 5.84. The van der Waals surface area contributed by atoms with Crippen LogP contribution in [-0.4, -0.2) is 32.9 Å². The Morgan fingerprint density at radius 1 is 1.36 bits per heavy atom. The van der Waals surface area contributed by atoms with Gasteiger partial charge in [-0.2, -0.15) is 0 Å². The van der Waals surface area contributed by atoms with E-state index in [1.165, 1.54) is 0 Å². The maximum absolute atomic E-state index is 10.3. The highest BCUT2D eigenvalue weighted by atomic mass is 16.4. The van der Waals surface area contributed by atoms with Crippen LogP contribution in [-0.2, 0) is 9.59 Å². The SMILES string of the molecule is C[C@H](C(=O)O)[C@](C)(O)C(=O)O. The molecule has 0 aromatic heterocycles. The summed E-state index contributed by atoms with van der Waals surface area (Å²) in [6, 6.07) is 0. The molecule has 3 N–H and O–H groups in total. The summed E-state index contributed by atoms with van der Waals surface area (Å²) in [6.07, 6.45) is 0. The molecule has 0 aromatic rings. The van der Waals surface area contributed by atoms with Gasteiger partial charge in [0.15, 0.2) is 5.60 Å². The van der Waals surface area contributed by atoms with Crippen molar-refractivity contribution in [1.29, 1.82) is 0 Å². The summed E-state index contributed by atoms with van der Waals surface area (Å²) in [5.74, 6) is -4.19. The van der Waals surface area contributed by atoms with E-state index in [1.54, 1.807) is 0 Å². The van der Waals surface area contributed by atoms with Crippen molar-refractivity contribution in [3.63, 3.8) is 0 Å². The number of carboxylic acids is 2. The van der Waals surface area contributed by atoms with Crippen LogP contribution in [0.1, 0.15) is 13.8 Å².